The lowest BCUT2D eigenvalue weighted by molar-refractivity contribution is 0.0481. The molecule has 1 fully saturated rings. The molecule has 11 heavy (non-hydrogen) atoms. The predicted octanol–water partition coefficient (Wildman–Crippen LogP) is 1.73. The lowest BCUT2D eigenvalue weighted by Crippen LogP contribution is -2.30. The molecule has 2 rings (SSSR count). The Morgan fingerprint density at radius 2 is 2.27 bits per heavy atom. The van der Waals surface area contributed by atoms with Crippen LogP contribution in [0.5, 0.6) is 0 Å². The van der Waals surface area contributed by atoms with E-state index in [4.69, 9.17) is 0 Å². The van der Waals surface area contributed by atoms with Gasteiger partial charge in [-0.05, 0) is 19.3 Å². The molecule has 0 amide bonds. The molecule has 0 atom stereocenters. The molecule has 0 N–H and O–H groups in total. The third-order valence-electron chi connectivity index (χ3n) is 2.07. The van der Waals surface area contributed by atoms with Crippen molar-refractivity contribution in [2.75, 3.05) is 0 Å². The second-order valence-electron chi connectivity index (χ2n) is 2.96. The molecular weight excluding hydrogens is 147 g/mol. The second-order valence-corrected chi connectivity index (χ2v) is 2.96. The maximum atomic E-state index is 13.5. The third-order valence-corrected chi connectivity index (χ3v) is 2.07. The molecule has 0 bridgehead atoms. The zero-order chi connectivity index (χ0) is 7.90. The van der Waals surface area contributed by atoms with Crippen LogP contribution in [0, 0.1) is 6.92 Å². The van der Waals surface area contributed by atoms with E-state index >= 15 is 0 Å². The molecular formula is C7H9FN2O. The molecule has 60 valence electrons. The van der Waals surface area contributed by atoms with Crippen LogP contribution in [0.4, 0.5) is 4.39 Å². The van der Waals surface area contributed by atoms with Crippen LogP contribution in [0.25, 0.3) is 0 Å². The zero-order valence-corrected chi connectivity index (χ0v) is 6.30. The number of hydrogen-bond acceptors (Lipinski definition) is 3. The SMILES string of the molecule is Cc1nc(C2(F)CCC2)no1. The Morgan fingerprint density at radius 1 is 1.55 bits per heavy atom. The van der Waals surface area contributed by atoms with Crippen molar-refractivity contribution in [3.05, 3.63) is 11.7 Å². The van der Waals surface area contributed by atoms with E-state index < -0.39 is 5.67 Å². The van der Waals surface area contributed by atoms with Gasteiger partial charge in [-0.2, -0.15) is 4.98 Å². The third kappa shape index (κ3) is 0.931. The van der Waals surface area contributed by atoms with E-state index in [9.17, 15) is 4.39 Å². The van der Waals surface area contributed by atoms with Gasteiger partial charge in [-0.15, -0.1) is 0 Å². The number of alkyl halides is 1. The van der Waals surface area contributed by atoms with Gasteiger partial charge in [0, 0.05) is 6.92 Å². The normalized spacial score (nSPS) is 21.3. The predicted molar refractivity (Wildman–Crippen MR) is 35.7 cm³/mol. The van der Waals surface area contributed by atoms with Gasteiger partial charge in [-0.1, -0.05) is 5.16 Å². The Balaban J connectivity index is 2.28. The molecule has 4 heteroatoms. The van der Waals surface area contributed by atoms with Crippen molar-refractivity contribution in [2.24, 2.45) is 0 Å². The lowest BCUT2D eigenvalue weighted by atomic mass is 9.81. The van der Waals surface area contributed by atoms with E-state index in [1.54, 1.807) is 6.92 Å². The summed E-state index contributed by atoms with van der Waals surface area (Å²) in [5, 5.41) is 3.55. The van der Waals surface area contributed by atoms with Crippen molar-refractivity contribution in [2.45, 2.75) is 31.9 Å². The summed E-state index contributed by atoms with van der Waals surface area (Å²) in [6.07, 6.45) is 1.99. The highest BCUT2D eigenvalue weighted by Crippen LogP contribution is 2.43. The average Bonchev–Trinajstić information content (AvgIpc) is 2.31. The number of nitrogens with zero attached hydrogens (tertiary/aromatic N) is 2. The molecule has 1 saturated carbocycles. The van der Waals surface area contributed by atoms with Gasteiger partial charge < -0.3 is 4.52 Å². The second kappa shape index (κ2) is 2.03. The Bertz CT molecular complexity index is 267. The Hall–Kier alpha value is -0.930. The summed E-state index contributed by atoms with van der Waals surface area (Å²) >= 11 is 0. The summed E-state index contributed by atoms with van der Waals surface area (Å²) in [7, 11) is 0. The smallest absolute Gasteiger partial charge is 0.223 e. The highest BCUT2D eigenvalue weighted by atomic mass is 19.1. The highest BCUT2D eigenvalue weighted by Gasteiger charge is 2.43. The molecule has 0 aliphatic heterocycles. The van der Waals surface area contributed by atoms with Crippen molar-refractivity contribution in [1.29, 1.82) is 0 Å². The van der Waals surface area contributed by atoms with Crippen molar-refractivity contribution >= 4 is 0 Å². The molecule has 1 heterocycles. The summed E-state index contributed by atoms with van der Waals surface area (Å²) < 4.78 is 18.2. The summed E-state index contributed by atoms with van der Waals surface area (Å²) in [5.74, 6) is 0.658. The van der Waals surface area contributed by atoms with Gasteiger partial charge in [0.2, 0.25) is 11.7 Å². The van der Waals surface area contributed by atoms with Gasteiger partial charge in [-0.25, -0.2) is 4.39 Å². The van der Waals surface area contributed by atoms with Crippen LogP contribution < -0.4 is 0 Å². The summed E-state index contributed by atoms with van der Waals surface area (Å²) in [6, 6.07) is 0. The molecule has 0 unspecified atom stereocenters. The summed E-state index contributed by atoms with van der Waals surface area (Å²) in [5.41, 5.74) is -1.28. The molecule has 0 spiro atoms. The number of aryl methyl sites for hydroxylation is 1. The van der Waals surface area contributed by atoms with Crippen LogP contribution in [0.3, 0.4) is 0 Å². The molecule has 3 nitrogen and oxygen atoms in total. The van der Waals surface area contributed by atoms with Crippen molar-refractivity contribution in [1.82, 2.24) is 10.1 Å². The molecule has 0 aromatic carbocycles. The monoisotopic (exact) mass is 156 g/mol. The topological polar surface area (TPSA) is 38.9 Å². The lowest BCUT2D eigenvalue weighted by Gasteiger charge is -2.29. The maximum absolute atomic E-state index is 13.5. The number of aromatic nitrogens is 2. The Morgan fingerprint density at radius 3 is 2.64 bits per heavy atom. The first-order chi connectivity index (χ1) is 5.21. The van der Waals surface area contributed by atoms with Gasteiger partial charge in [0.15, 0.2) is 5.67 Å². The van der Waals surface area contributed by atoms with E-state index in [0.29, 0.717) is 18.7 Å². The highest BCUT2D eigenvalue weighted by molar-refractivity contribution is 5.05. The van der Waals surface area contributed by atoms with Crippen molar-refractivity contribution in [3.63, 3.8) is 0 Å². The zero-order valence-electron chi connectivity index (χ0n) is 6.30. The van der Waals surface area contributed by atoms with Crippen LogP contribution >= 0.6 is 0 Å². The molecule has 1 aliphatic carbocycles. The Kier molecular flexibility index (Phi) is 1.25. The fourth-order valence-corrected chi connectivity index (χ4v) is 1.19. The fourth-order valence-electron chi connectivity index (χ4n) is 1.19. The standard InChI is InChI=1S/C7H9FN2O/c1-5-9-6(10-11-5)7(8)3-2-4-7/h2-4H2,1H3. The molecule has 1 aromatic rings. The van der Waals surface area contributed by atoms with E-state index in [1.807, 2.05) is 0 Å². The summed E-state index contributed by atoms with van der Waals surface area (Å²) in [4.78, 5) is 3.85. The van der Waals surface area contributed by atoms with E-state index in [2.05, 4.69) is 14.7 Å². The van der Waals surface area contributed by atoms with Crippen LogP contribution in [0.15, 0.2) is 4.52 Å². The van der Waals surface area contributed by atoms with E-state index in [1.165, 1.54) is 0 Å². The number of halogens is 1. The molecule has 1 aliphatic rings. The van der Waals surface area contributed by atoms with Gasteiger partial charge in [0.1, 0.15) is 0 Å². The average molecular weight is 156 g/mol. The van der Waals surface area contributed by atoms with Gasteiger partial charge in [-0.3, -0.25) is 0 Å². The first-order valence-corrected chi connectivity index (χ1v) is 3.70. The van der Waals surface area contributed by atoms with Crippen LogP contribution in [-0.2, 0) is 5.67 Å². The molecule has 0 radical (unpaired) electrons. The fraction of sp³-hybridized carbons (Fsp3) is 0.714. The number of rotatable bonds is 1. The minimum absolute atomic E-state index is 0.223. The van der Waals surface area contributed by atoms with Crippen LogP contribution in [0.2, 0.25) is 0 Å². The van der Waals surface area contributed by atoms with E-state index in [0.717, 1.165) is 6.42 Å². The van der Waals surface area contributed by atoms with E-state index in [-0.39, 0.29) is 5.82 Å². The number of hydrogen-bond donors (Lipinski definition) is 0. The quantitative estimate of drug-likeness (QED) is 0.621. The maximum Gasteiger partial charge on any atom is 0.223 e. The van der Waals surface area contributed by atoms with Gasteiger partial charge in [0.25, 0.3) is 0 Å². The van der Waals surface area contributed by atoms with Crippen LogP contribution in [0.1, 0.15) is 31.0 Å². The van der Waals surface area contributed by atoms with Crippen LogP contribution in [-0.4, -0.2) is 10.1 Å². The minimum atomic E-state index is -1.28. The van der Waals surface area contributed by atoms with Gasteiger partial charge >= 0.3 is 0 Å². The first-order valence-electron chi connectivity index (χ1n) is 3.70. The van der Waals surface area contributed by atoms with Gasteiger partial charge in [0.05, 0.1) is 0 Å². The summed E-state index contributed by atoms with van der Waals surface area (Å²) in [6.45, 7) is 1.67. The van der Waals surface area contributed by atoms with Crippen molar-refractivity contribution < 1.29 is 8.91 Å². The first kappa shape index (κ1) is 6.76. The minimum Gasteiger partial charge on any atom is -0.340 e. The Labute approximate surface area is 63.6 Å². The largest absolute Gasteiger partial charge is 0.340 e. The van der Waals surface area contributed by atoms with Crippen molar-refractivity contribution in [3.8, 4) is 0 Å². The molecule has 1 aromatic heterocycles. The molecule has 0 saturated heterocycles.